The van der Waals surface area contributed by atoms with Crippen LogP contribution in [0, 0.1) is 0 Å². The van der Waals surface area contributed by atoms with Crippen LogP contribution in [0.5, 0.6) is 11.5 Å². The third-order valence-electron chi connectivity index (χ3n) is 4.74. The van der Waals surface area contributed by atoms with Gasteiger partial charge in [-0.1, -0.05) is 17.7 Å². The standard InChI is InChI=1S/C21H23ClN2O4/c1-27-18-8-6-7-17(19(18)28-2)20(25)24(16-11-9-15(22)10-12-16)21(26)23-13-4-3-5-14-23/h6-12H,3-5,13-14H2,1-2H3. The fraction of sp³-hybridized carbons (Fsp3) is 0.333. The largest absolute Gasteiger partial charge is 0.493 e. The minimum Gasteiger partial charge on any atom is -0.493 e. The van der Waals surface area contributed by atoms with Crippen molar-refractivity contribution in [2.45, 2.75) is 19.3 Å². The molecule has 0 saturated carbocycles. The van der Waals surface area contributed by atoms with Crippen LogP contribution in [0.2, 0.25) is 5.02 Å². The molecule has 1 fully saturated rings. The molecule has 6 nitrogen and oxygen atoms in total. The van der Waals surface area contributed by atoms with Crippen LogP contribution in [-0.2, 0) is 0 Å². The Morgan fingerprint density at radius 3 is 2.25 bits per heavy atom. The smallest absolute Gasteiger partial charge is 0.331 e. The lowest BCUT2D eigenvalue weighted by Crippen LogP contribution is -2.48. The highest BCUT2D eigenvalue weighted by Gasteiger charge is 2.32. The Kier molecular flexibility index (Phi) is 6.41. The summed E-state index contributed by atoms with van der Waals surface area (Å²) in [5.74, 6) is 0.240. The molecule has 3 rings (SSSR count). The first kappa shape index (κ1) is 20.0. The summed E-state index contributed by atoms with van der Waals surface area (Å²) in [5.41, 5.74) is 0.706. The second-order valence-corrected chi connectivity index (χ2v) is 6.92. The highest BCUT2D eigenvalue weighted by atomic mass is 35.5. The number of amides is 3. The van der Waals surface area contributed by atoms with Crippen molar-refractivity contribution in [3.8, 4) is 11.5 Å². The lowest BCUT2D eigenvalue weighted by molar-refractivity contribution is 0.0980. The predicted octanol–water partition coefficient (Wildman–Crippen LogP) is 4.61. The number of likely N-dealkylation sites (tertiary alicyclic amines) is 1. The molecule has 0 radical (unpaired) electrons. The van der Waals surface area contributed by atoms with E-state index in [0.717, 1.165) is 19.3 Å². The molecule has 7 heteroatoms. The number of methoxy groups -OCH3 is 2. The minimum absolute atomic E-state index is 0.252. The van der Waals surface area contributed by atoms with E-state index < -0.39 is 5.91 Å². The SMILES string of the molecule is COc1cccc(C(=O)N(C(=O)N2CCCCC2)c2ccc(Cl)cc2)c1OC. The molecule has 0 aliphatic carbocycles. The number of hydrogen-bond donors (Lipinski definition) is 0. The number of nitrogens with zero attached hydrogens (tertiary/aromatic N) is 2. The summed E-state index contributed by atoms with van der Waals surface area (Å²) in [4.78, 5) is 29.6. The summed E-state index contributed by atoms with van der Waals surface area (Å²) in [6, 6.07) is 11.3. The van der Waals surface area contributed by atoms with Crippen LogP contribution >= 0.6 is 11.6 Å². The van der Waals surface area contributed by atoms with E-state index in [-0.39, 0.29) is 11.6 Å². The first-order chi connectivity index (χ1) is 13.6. The van der Waals surface area contributed by atoms with Gasteiger partial charge in [-0.15, -0.1) is 0 Å². The lowest BCUT2D eigenvalue weighted by atomic mass is 10.1. The van der Waals surface area contributed by atoms with Gasteiger partial charge in [0, 0.05) is 18.1 Å². The highest BCUT2D eigenvalue weighted by molar-refractivity contribution is 6.30. The van der Waals surface area contributed by atoms with E-state index in [4.69, 9.17) is 21.1 Å². The summed E-state index contributed by atoms with van der Waals surface area (Å²) in [7, 11) is 2.97. The number of carbonyl (C=O) groups is 2. The van der Waals surface area contributed by atoms with E-state index in [0.29, 0.717) is 35.3 Å². The topological polar surface area (TPSA) is 59.1 Å². The maximum atomic E-state index is 13.5. The fourth-order valence-electron chi connectivity index (χ4n) is 3.31. The maximum Gasteiger partial charge on any atom is 0.331 e. The Balaban J connectivity index is 2.04. The number of ether oxygens (including phenoxy) is 2. The van der Waals surface area contributed by atoms with E-state index in [1.807, 2.05) is 0 Å². The van der Waals surface area contributed by atoms with Crippen molar-refractivity contribution in [3.63, 3.8) is 0 Å². The van der Waals surface area contributed by atoms with Crippen LogP contribution in [0.15, 0.2) is 42.5 Å². The van der Waals surface area contributed by atoms with E-state index in [1.54, 1.807) is 47.4 Å². The third-order valence-corrected chi connectivity index (χ3v) is 4.99. The molecular formula is C21H23ClN2O4. The Bertz CT molecular complexity index is 848. The van der Waals surface area contributed by atoms with Gasteiger partial charge in [-0.25, -0.2) is 9.69 Å². The molecule has 1 aliphatic heterocycles. The Hall–Kier alpha value is -2.73. The molecule has 0 N–H and O–H groups in total. The Morgan fingerprint density at radius 1 is 0.964 bits per heavy atom. The van der Waals surface area contributed by atoms with Gasteiger partial charge in [-0.2, -0.15) is 0 Å². The minimum atomic E-state index is -0.478. The first-order valence-electron chi connectivity index (χ1n) is 9.16. The van der Waals surface area contributed by atoms with Crippen LogP contribution in [0.25, 0.3) is 0 Å². The van der Waals surface area contributed by atoms with Gasteiger partial charge in [-0.3, -0.25) is 4.79 Å². The normalized spacial score (nSPS) is 13.8. The summed E-state index contributed by atoms with van der Waals surface area (Å²) < 4.78 is 10.7. The molecule has 3 amide bonds. The monoisotopic (exact) mass is 402 g/mol. The average Bonchev–Trinajstić information content (AvgIpc) is 2.74. The number of anilines is 1. The molecule has 0 bridgehead atoms. The summed E-state index contributed by atoms with van der Waals surface area (Å²) in [6.07, 6.45) is 2.94. The van der Waals surface area contributed by atoms with Gasteiger partial charge in [0.15, 0.2) is 11.5 Å². The number of imide groups is 1. The number of carbonyl (C=O) groups excluding carboxylic acids is 2. The fourth-order valence-corrected chi connectivity index (χ4v) is 3.43. The van der Waals surface area contributed by atoms with Gasteiger partial charge in [0.1, 0.15) is 0 Å². The zero-order valence-corrected chi connectivity index (χ0v) is 16.7. The van der Waals surface area contributed by atoms with Crippen LogP contribution in [0.4, 0.5) is 10.5 Å². The molecule has 2 aromatic rings. The van der Waals surface area contributed by atoms with Gasteiger partial charge in [0.2, 0.25) is 0 Å². The number of piperidine rings is 1. The van der Waals surface area contributed by atoms with Gasteiger partial charge >= 0.3 is 6.03 Å². The van der Waals surface area contributed by atoms with Crippen LogP contribution in [-0.4, -0.2) is 44.1 Å². The zero-order valence-electron chi connectivity index (χ0n) is 16.0. The quantitative estimate of drug-likeness (QED) is 0.749. The molecule has 1 saturated heterocycles. The first-order valence-corrected chi connectivity index (χ1v) is 9.54. The van der Waals surface area contributed by atoms with Crippen molar-refractivity contribution in [2.75, 3.05) is 32.2 Å². The Labute approximate surface area is 169 Å². The lowest BCUT2D eigenvalue weighted by Gasteiger charge is -2.32. The van der Waals surface area contributed by atoms with Crippen molar-refractivity contribution in [1.29, 1.82) is 0 Å². The molecular weight excluding hydrogens is 380 g/mol. The molecule has 148 valence electrons. The van der Waals surface area contributed by atoms with Crippen molar-refractivity contribution in [3.05, 3.63) is 53.1 Å². The van der Waals surface area contributed by atoms with E-state index >= 15 is 0 Å². The molecule has 2 aromatic carbocycles. The molecule has 0 atom stereocenters. The molecule has 1 heterocycles. The number of halogens is 1. The van der Waals surface area contributed by atoms with Crippen molar-refractivity contribution in [2.24, 2.45) is 0 Å². The Morgan fingerprint density at radius 2 is 1.64 bits per heavy atom. The second kappa shape index (κ2) is 8.97. The molecule has 28 heavy (non-hydrogen) atoms. The predicted molar refractivity (Wildman–Crippen MR) is 109 cm³/mol. The highest BCUT2D eigenvalue weighted by Crippen LogP contribution is 2.33. The number of rotatable bonds is 4. The van der Waals surface area contributed by atoms with Crippen LogP contribution in [0.3, 0.4) is 0 Å². The zero-order chi connectivity index (χ0) is 20.1. The van der Waals surface area contributed by atoms with Gasteiger partial charge in [0.25, 0.3) is 5.91 Å². The average molecular weight is 403 g/mol. The maximum absolute atomic E-state index is 13.5. The number of urea groups is 1. The molecule has 0 aromatic heterocycles. The van der Waals surface area contributed by atoms with Gasteiger partial charge < -0.3 is 14.4 Å². The number of para-hydroxylation sites is 1. The van der Waals surface area contributed by atoms with Crippen molar-refractivity contribution < 1.29 is 19.1 Å². The third kappa shape index (κ3) is 4.07. The molecule has 0 spiro atoms. The van der Waals surface area contributed by atoms with Crippen LogP contribution < -0.4 is 14.4 Å². The summed E-state index contributed by atoms with van der Waals surface area (Å²) in [5, 5.41) is 0.528. The van der Waals surface area contributed by atoms with Gasteiger partial charge in [0.05, 0.1) is 25.5 Å². The number of benzene rings is 2. The van der Waals surface area contributed by atoms with Gasteiger partial charge in [-0.05, 0) is 55.7 Å². The van der Waals surface area contributed by atoms with Crippen molar-refractivity contribution >= 4 is 29.2 Å². The molecule has 0 unspecified atom stereocenters. The van der Waals surface area contributed by atoms with E-state index in [2.05, 4.69) is 0 Å². The summed E-state index contributed by atoms with van der Waals surface area (Å²) in [6.45, 7) is 1.26. The van der Waals surface area contributed by atoms with E-state index in [9.17, 15) is 9.59 Å². The second-order valence-electron chi connectivity index (χ2n) is 6.49. The van der Waals surface area contributed by atoms with Crippen molar-refractivity contribution in [1.82, 2.24) is 4.90 Å². The number of hydrogen-bond acceptors (Lipinski definition) is 4. The summed E-state index contributed by atoms with van der Waals surface area (Å²) >= 11 is 5.99. The van der Waals surface area contributed by atoms with Crippen LogP contribution in [0.1, 0.15) is 29.6 Å². The van der Waals surface area contributed by atoms with E-state index in [1.165, 1.54) is 19.1 Å². The molecule has 1 aliphatic rings.